The van der Waals surface area contributed by atoms with Crippen molar-refractivity contribution in [1.29, 1.82) is 0 Å². The van der Waals surface area contributed by atoms with Crippen LogP contribution in [0.4, 0.5) is 3.89 Å². The molecule has 0 aliphatic heterocycles. The lowest BCUT2D eigenvalue weighted by atomic mass is 10.1. The number of nitrogens with two attached hydrogens (primary N) is 1. The van der Waals surface area contributed by atoms with Crippen molar-refractivity contribution in [2.24, 2.45) is 23.5 Å². The van der Waals surface area contributed by atoms with Gasteiger partial charge < -0.3 is 35.9 Å². The van der Waals surface area contributed by atoms with E-state index in [1.54, 1.807) is 0 Å². The highest BCUT2D eigenvalue weighted by Crippen LogP contribution is 2.59. The van der Waals surface area contributed by atoms with Gasteiger partial charge in [0.15, 0.2) is 5.40 Å². The van der Waals surface area contributed by atoms with Crippen LogP contribution in [-0.4, -0.2) is 62.8 Å². The highest BCUT2D eigenvalue weighted by molar-refractivity contribution is 8.74. The summed E-state index contributed by atoms with van der Waals surface area (Å²) in [6.07, 6.45) is 3.55. The molecular formula is C20H48FN3O7P2S2. The molecule has 0 saturated carbocycles. The van der Waals surface area contributed by atoms with E-state index in [4.69, 9.17) is 25.3 Å². The molecule has 0 heterocycles. The third-order valence-electron chi connectivity index (χ3n) is 5.19. The van der Waals surface area contributed by atoms with E-state index in [2.05, 4.69) is 38.3 Å². The monoisotopic (exact) mass is 587 g/mol. The van der Waals surface area contributed by atoms with Gasteiger partial charge in [0.1, 0.15) is 11.2 Å². The molecule has 3 unspecified atom stereocenters. The fourth-order valence-corrected chi connectivity index (χ4v) is 4.96. The third kappa shape index (κ3) is 27.2. The van der Waals surface area contributed by atoms with Crippen LogP contribution >= 0.6 is 37.2 Å². The van der Waals surface area contributed by atoms with Crippen LogP contribution in [0.2, 0.25) is 0 Å². The maximum absolute atomic E-state index is 11.6. The molecule has 10 nitrogen and oxygen atoms in total. The molecule has 1 amide bonds. The van der Waals surface area contributed by atoms with Gasteiger partial charge in [-0.25, -0.2) is 0 Å². The third-order valence-corrected chi connectivity index (χ3v) is 10.1. The summed E-state index contributed by atoms with van der Waals surface area (Å²) in [5, 5.41) is 3.52. The van der Waals surface area contributed by atoms with Crippen molar-refractivity contribution in [2.75, 3.05) is 31.9 Å². The van der Waals surface area contributed by atoms with Crippen molar-refractivity contribution in [2.45, 2.75) is 72.6 Å². The maximum Gasteiger partial charge on any atom is 0.342 e. The van der Waals surface area contributed by atoms with E-state index in [-0.39, 0.29) is 29.5 Å². The second-order valence-electron chi connectivity index (χ2n) is 8.53. The largest absolute Gasteiger partial charge is 0.356 e. The molecule has 0 spiro atoms. The van der Waals surface area contributed by atoms with Gasteiger partial charge in [-0.05, 0) is 30.8 Å². The minimum absolute atomic E-state index is 0.0156. The van der Waals surface area contributed by atoms with Gasteiger partial charge in [-0.15, -0.1) is 0 Å². The molecule has 8 N–H and O–H groups in total. The summed E-state index contributed by atoms with van der Waals surface area (Å²) < 4.78 is 33.3. The van der Waals surface area contributed by atoms with Crippen LogP contribution in [0.3, 0.4) is 0 Å². The Balaban J connectivity index is -0.000000482. The van der Waals surface area contributed by atoms with Crippen molar-refractivity contribution in [3.63, 3.8) is 0 Å². The fourth-order valence-electron chi connectivity index (χ4n) is 1.89. The molecule has 0 fully saturated rings. The van der Waals surface area contributed by atoms with Gasteiger partial charge >= 0.3 is 15.2 Å². The number of hydrogen-bond donors (Lipinski definition) is 7. The van der Waals surface area contributed by atoms with E-state index < -0.39 is 20.6 Å². The Morgan fingerprint density at radius 3 is 1.69 bits per heavy atom. The number of halogens is 1. The van der Waals surface area contributed by atoms with Crippen molar-refractivity contribution >= 4 is 43.1 Å². The summed E-state index contributed by atoms with van der Waals surface area (Å²) in [5.74, 6) is 2.07. The first-order valence-corrected chi connectivity index (χ1v) is 17.4. The molecule has 0 aromatic carbocycles. The van der Waals surface area contributed by atoms with Gasteiger partial charge in [0.2, 0.25) is 5.91 Å². The molecule has 0 saturated heterocycles. The predicted molar refractivity (Wildman–Crippen MR) is 147 cm³/mol. The number of carbonyl (C=O) groups is 1. The lowest BCUT2D eigenvalue weighted by Gasteiger charge is -2.20. The van der Waals surface area contributed by atoms with Gasteiger partial charge in [-0.2, -0.15) is 3.89 Å². The average Bonchev–Trinajstić information content (AvgIpc) is 2.78. The minimum Gasteiger partial charge on any atom is -0.356 e. The minimum atomic E-state index is -4.79. The zero-order valence-corrected chi connectivity index (χ0v) is 25.3. The number of nitrogens with one attached hydrogen (secondary N) is 2. The molecule has 35 heavy (non-hydrogen) atoms. The van der Waals surface area contributed by atoms with Crippen LogP contribution in [-0.2, 0) is 13.9 Å². The first kappa shape index (κ1) is 39.8. The fraction of sp³-hybridized carbons (Fsp3) is 0.950. The van der Waals surface area contributed by atoms with E-state index >= 15 is 0 Å². The Labute approximate surface area is 218 Å². The van der Waals surface area contributed by atoms with Gasteiger partial charge in [-0.1, -0.05) is 71.6 Å². The Morgan fingerprint density at radius 2 is 1.34 bits per heavy atom. The van der Waals surface area contributed by atoms with Gasteiger partial charge in [0.25, 0.3) is 0 Å². The van der Waals surface area contributed by atoms with Gasteiger partial charge in [-0.3, -0.25) is 13.9 Å². The van der Waals surface area contributed by atoms with Crippen LogP contribution in [0.5, 0.6) is 0 Å². The van der Waals surface area contributed by atoms with Crippen molar-refractivity contribution < 1.29 is 37.4 Å². The molecule has 0 aliphatic rings. The second-order valence-corrected chi connectivity index (χ2v) is 14.4. The quantitative estimate of drug-likeness (QED) is 0.0784. The average molecular weight is 588 g/mol. The number of amides is 1. The molecule has 0 aromatic rings. The van der Waals surface area contributed by atoms with Gasteiger partial charge in [0.05, 0.1) is 0 Å². The summed E-state index contributed by atoms with van der Waals surface area (Å²) in [7, 11) is -8.52. The van der Waals surface area contributed by atoms with E-state index in [0.29, 0.717) is 30.6 Å². The lowest BCUT2D eigenvalue weighted by Crippen LogP contribution is -2.30. The van der Waals surface area contributed by atoms with Crippen molar-refractivity contribution in [3.05, 3.63) is 0 Å². The van der Waals surface area contributed by atoms with Crippen LogP contribution in [0.1, 0.15) is 67.2 Å². The molecule has 0 rings (SSSR count). The molecule has 3 atom stereocenters. The summed E-state index contributed by atoms with van der Waals surface area (Å²) in [4.78, 5) is 46.3. The van der Waals surface area contributed by atoms with Crippen LogP contribution in [0, 0.1) is 17.8 Å². The molecular weight excluding hydrogens is 539 g/mol. The molecule has 214 valence electrons. The second kappa shape index (κ2) is 23.4. The predicted octanol–water partition coefficient (Wildman–Crippen LogP) is 4.10. The summed E-state index contributed by atoms with van der Waals surface area (Å²) in [5.41, 5.74) is 5.28. The number of hydrogen-bond acceptors (Lipinski definition) is 7. The first-order valence-electron chi connectivity index (χ1n) is 11.8. The summed E-state index contributed by atoms with van der Waals surface area (Å²) in [6, 6.07) is 0. The summed E-state index contributed by atoms with van der Waals surface area (Å²) in [6.45, 7) is 14.0. The molecule has 0 bridgehead atoms. The molecule has 15 heteroatoms. The van der Waals surface area contributed by atoms with Crippen LogP contribution < -0.4 is 16.4 Å². The van der Waals surface area contributed by atoms with E-state index in [9.17, 15) is 17.8 Å². The Bertz CT molecular complexity index is 589. The topological polar surface area (TPSA) is 182 Å². The molecule has 0 radical (unpaired) electrons. The van der Waals surface area contributed by atoms with E-state index in [1.165, 1.54) is 6.42 Å². The Kier molecular flexibility index (Phi) is 26.7. The standard InChI is InChI=1S/C8H16FNOS2.C7H19NO6P2.C5H13N/c1-3-7(2)6-10-8(11)4-5-12-13-9;1-3-6(2)4-8-5-7(15(9,10)11)16(12,13)14;1-3-5(2)4-6/h7H,3-6H2,1-2H3,(H,10,11);6-8H,3-5H2,1-2H3,(H2,9,10,11)(H2,12,13,14);5H,3-4,6H2,1-2H3. The van der Waals surface area contributed by atoms with Crippen molar-refractivity contribution in [1.82, 2.24) is 10.6 Å². The molecule has 0 aliphatic carbocycles. The van der Waals surface area contributed by atoms with Crippen LogP contribution in [0.15, 0.2) is 0 Å². The normalized spacial score (nSPS) is 14.2. The van der Waals surface area contributed by atoms with Crippen molar-refractivity contribution in [3.8, 4) is 0 Å². The number of carbonyl (C=O) groups excluding carboxylic acids is 1. The number of rotatable bonds is 16. The smallest absolute Gasteiger partial charge is 0.342 e. The Hall–Kier alpha value is 0.320. The highest BCUT2D eigenvalue weighted by Gasteiger charge is 2.42. The zero-order chi connectivity index (χ0) is 28.1. The van der Waals surface area contributed by atoms with Gasteiger partial charge in [0, 0.05) is 25.3 Å². The zero-order valence-electron chi connectivity index (χ0n) is 21.9. The SMILES string of the molecule is CCC(C)CN.CCC(C)CNC(=O)CCSSF.CCC(C)CNCC(P(=O)(O)O)P(=O)(O)O. The van der Waals surface area contributed by atoms with E-state index in [1.807, 2.05) is 13.8 Å². The first-order chi connectivity index (χ1) is 16.1. The van der Waals surface area contributed by atoms with E-state index in [0.717, 1.165) is 36.7 Å². The molecule has 0 aromatic heterocycles. The highest BCUT2D eigenvalue weighted by atomic mass is 33.1. The van der Waals surface area contributed by atoms with Crippen LogP contribution in [0.25, 0.3) is 0 Å². The summed E-state index contributed by atoms with van der Waals surface area (Å²) >= 11 is 0.209. The lowest BCUT2D eigenvalue weighted by molar-refractivity contribution is -0.120. The maximum atomic E-state index is 11.6. The Morgan fingerprint density at radius 1 is 0.886 bits per heavy atom.